The summed E-state index contributed by atoms with van der Waals surface area (Å²) in [7, 11) is 0. The van der Waals surface area contributed by atoms with Gasteiger partial charge in [-0.2, -0.15) is 0 Å². The Morgan fingerprint density at radius 2 is 1.95 bits per heavy atom. The van der Waals surface area contributed by atoms with Crippen molar-refractivity contribution in [3.05, 3.63) is 64.0 Å². The highest BCUT2D eigenvalue weighted by Gasteiger charge is 2.14. The van der Waals surface area contributed by atoms with Gasteiger partial charge in [-0.1, -0.05) is 24.3 Å². The summed E-state index contributed by atoms with van der Waals surface area (Å²) in [5.41, 5.74) is 5.96. The van der Waals surface area contributed by atoms with E-state index in [1.165, 1.54) is 24.3 Å². The predicted octanol–water partition coefficient (Wildman–Crippen LogP) is 2.90. The van der Waals surface area contributed by atoms with E-state index >= 15 is 0 Å². The van der Waals surface area contributed by atoms with E-state index in [1.54, 1.807) is 18.2 Å². The van der Waals surface area contributed by atoms with Gasteiger partial charge in [-0.3, -0.25) is 10.1 Å². The number of nitrogen functional groups attached to an aromatic ring is 1. The Balaban J connectivity index is 2.19. The standard InChI is InChI=1S/C13H11FN2O3/c14-10-5-1-2-7-12(10)19-8-9-4-3-6-11(13(9)15)16(17)18/h1-7H,8,15H2. The second kappa shape index (κ2) is 5.34. The highest BCUT2D eigenvalue weighted by Crippen LogP contribution is 2.26. The number of hydrogen-bond donors (Lipinski definition) is 1. The molecule has 0 amide bonds. The molecule has 0 aliphatic heterocycles. The summed E-state index contributed by atoms with van der Waals surface area (Å²) >= 11 is 0. The van der Waals surface area contributed by atoms with E-state index in [-0.39, 0.29) is 23.7 Å². The molecule has 98 valence electrons. The van der Waals surface area contributed by atoms with Crippen molar-refractivity contribution in [3.63, 3.8) is 0 Å². The quantitative estimate of drug-likeness (QED) is 0.522. The van der Waals surface area contributed by atoms with Crippen LogP contribution in [-0.4, -0.2) is 4.92 Å². The number of ether oxygens (including phenoxy) is 1. The van der Waals surface area contributed by atoms with Crippen LogP contribution in [0.4, 0.5) is 15.8 Å². The van der Waals surface area contributed by atoms with E-state index in [9.17, 15) is 14.5 Å². The first kappa shape index (κ1) is 12.8. The summed E-state index contributed by atoms with van der Waals surface area (Å²) in [5, 5.41) is 10.7. The minimum Gasteiger partial charge on any atom is -0.486 e. The molecule has 0 radical (unpaired) electrons. The van der Waals surface area contributed by atoms with Gasteiger partial charge >= 0.3 is 0 Å². The lowest BCUT2D eigenvalue weighted by Crippen LogP contribution is -2.04. The third-order valence-electron chi connectivity index (χ3n) is 2.59. The normalized spacial score (nSPS) is 10.2. The highest BCUT2D eigenvalue weighted by atomic mass is 19.1. The molecule has 2 aromatic rings. The average molecular weight is 262 g/mol. The van der Waals surface area contributed by atoms with Crippen molar-refractivity contribution in [3.8, 4) is 5.75 Å². The molecule has 0 atom stereocenters. The first-order chi connectivity index (χ1) is 9.09. The Bertz CT molecular complexity index is 617. The Morgan fingerprint density at radius 1 is 1.21 bits per heavy atom. The van der Waals surface area contributed by atoms with Crippen LogP contribution in [-0.2, 0) is 6.61 Å². The van der Waals surface area contributed by atoms with Gasteiger partial charge in [0.2, 0.25) is 0 Å². The van der Waals surface area contributed by atoms with Crippen molar-refractivity contribution >= 4 is 11.4 Å². The molecule has 0 heterocycles. The summed E-state index contributed by atoms with van der Waals surface area (Å²) in [5.74, 6) is -0.417. The zero-order valence-electron chi connectivity index (χ0n) is 9.88. The van der Waals surface area contributed by atoms with Crippen LogP contribution in [0.5, 0.6) is 5.75 Å². The number of nitrogens with zero attached hydrogens (tertiary/aromatic N) is 1. The Kier molecular flexibility index (Phi) is 3.61. The van der Waals surface area contributed by atoms with Gasteiger partial charge in [0.05, 0.1) is 4.92 Å². The lowest BCUT2D eigenvalue weighted by atomic mass is 10.1. The molecule has 6 heteroatoms. The Morgan fingerprint density at radius 3 is 2.63 bits per heavy atom. The molecule has 0 bridgehead atoms. The fraction of sp³-hybridized carbons (Fsp3) is 0.0769. The van der Waals surface area contributed by atoms with Gasteiger partial charge in [0, 0.05) is 11.6 Å². The number of nitrogens with two attached hydrogens (primary N) is 1. The zero-order chi connectivity index (χ0) is 13.8. The van der Waals surface area contributed by atoms with Gasteiger partial charge in [-0.25, -0.2) is 4.39 Å². The second-order valence-electron chi connectivity index (χ2n) is 3.83. The first-order valence-electron chi connectivity index (χ1n) is 5.48. The molecular formula is C13H11FN2O3. The van der Waals surface area contributed by atoms with Crippen LogP contribution in [0, 0.1) is 15.9 Å². The lowest BCUT2D eigenvalue weighted by Gasteiger charge is -2.09. The molecule has 2 N–H and O–H groups in total. The monoisotopic (exact) mass is 262 g/mol. The summed E-state index contributed by atoms with van der Waals surface area (Å²) in [6.07, 6.45) is 0. The molecule has 0 aliphatic carbocycles. The summed E-state index contributed by atoms with van der Waals surface area (Å²) < 4.78 is 18.6. The molecule has 19 heavy (non-hydrogen) atoms. The van der Waals surface area contributed by atoms with Gasteiger partial charge in [0.1, 0.15) is 12.3 Å². The Labute approximate surface area is 108 Å². The second-order valence-corrected chi connectivity index (χ2v) is 3.83. The molecule has 0 aromatic heterocycles. The molecule has 0 spiro atoms. The number of halogens is 1. The van der Waals surface area contributed by atoms with E-state index in [0.29, 0.717) is 5.56 Å². The number of nitro benzene ring substituents is 1. The zero-order valence-corrected chi connectivity index (χ0v) is 9.88. The number of anilines is 1. The maximum Gasteiger partial charge on any atom is 0.292 e. The fourth-order valence-corrected chi connectivity index (χ4v) is 1.60. The maximum atomic E-state index is 13.3. The summed E-state index contributed by atoms with van der Waals surface area (Å²) in [6.45, 7) is -0.0333. The molecule has 0 fully saturated rings. The van der Waals surface area contributed by atoms with Gasteiger partial charge < -0.3 is 10.5 Å². The van der Waals surface area contributed by atoms with E-state index in [4.69, 9.17) is 10.5 Å². The smallest absolute Gasteiger partial charge is 0.292 e. The van der Waals surface area contributed by atoms with Crippen LogP contribution in [0.25, 0.3) is 0 Å². The highest BCUT2D eigenvalue weighted by molar-refractivity contribution is 5.62. The number of rotatable bonds is 4. The largest absolute Gasteiger partial charge is 0.486 e. The van der Waals surface area contributed by atoms with Crippen LogP contribution >= 0.6 is 0 Å². The van der Waals surface area contributed by atoms with Gasteiger partial charge in [-0.05, 0) is 12.1 Å². The third kappa shape index (κ3) is 2.79. The van der Waals surface area contributed by atoms with Crippen LogP contribution in [0.15, 0.2) is 42.5 Å². The molecule has 0 saturated carbocycles. The predicted molar refractivity (Wildman–Crippen MR) is 68.2 cm³/mol. The van der Waals surface area contributed by atoms with Gasteiger partial charge in [0.15, 0.2) is 11.6 Å². The summed E-state index contributed by atoms with van der Waals surface area (Å²) in [4.78, 5) is 10.2. The van der Waals surface area contributed by atoms with Crippen LogP contribution < -0.4 is 10.5 Å². The van der Waals surface area contributed by atoms with Crippen LogP contribution in [0.2, 0.25) is 0 Å². The fourth-order valence-electron chi connectivity index (χ4n) is 1.60. The molecule has 2 rings (SSSR count). The van der Waals surface area contributed by atoms with E-state index < -0.39 is 10.7 Å². The third-order valence-corrected chi connectivity index (χ3v) is 2.59. The minimum atomic E-state index is -0.568. The maximum absolute atomic E-state index is 13.3. The summed E-state index contributed by atoms with van der Waals surface area (Å²) in [6, 6.07) is 10.3. The van der Waals surface area contributed by atoms with Gasteiger partial charge in [-0.15, -0.1) is 0 Å². The van der Waals surface area contributed by atoms with E-state index in [0.717, 1.165) is 0 Å². The number of hydrogen-bond acceptors (Lipinski definition) is 4. The topological polar surface area (TPSA) is 78.4 Å². The van der Waals surface area contributed by atoms with E-state index in [1.807, 2.05) is 0 Å². The van der Waals surface area contributed by atoms with Crippen LogP contribution in [0.3, 0.4) is 0 Å². The number of benzene rings is 2. The van der Waals surface area contributed by atoms with E-state index in [2.05, 4.69) is 0 Å². The SMILES string of the molecule is Nc1c(COc2ccccc2F)cccc1[N+](=O)[O-]. The van der Waals surface area contributed by atoms with Gasteiger partial charge in [0.25, 0.3) is 5.69 Å². The van der Waals surface area contributed by atoms with Crippen molar-refractivity contribution in [1.82, 2.24) is 0 Å². The molecular weight excluding hydrogens is 251 g/mol. The van der Waals surface area contributed by atoms with Crippen molar-refractivity contribution in [2.75, 3.05) is 5.73 Å². The molecule has 5 nitrogen and oxygen atoms in total. The van der Waals surface area contributed by atoms with Crippen molar-refractivity contribution in [1.29, 1.82) is 0 Å². The Hall–Kier alpha value is -2.63. The van der Waals surface area contributed by atoms with Crippen LogP contribution in [0.1, 0.15) is 5.56 Å². The van der Waals surface area contributed by atoms with Crippen molar-refractivity contribution in [2.45, 2.75) is 6.61 Å². The first-order valence-corrected chi connectivity index (χ1v) is 5.48. The lowest BCUT2D eigenvalue weighted by molar-refractivity contribution is -0.384. The minimum absolute atomic E-state index is 0.0313. The number of para-hydroxylation sites is 2. The number of nitro groups is 1. The molecule has 0 saturated heterocycles. The van der Waals surface area contributed by atoms with Crippen molar-refractivity contribution in [2.24, 2.45) is 0 Å². The average Bonchev–Trinajstić information content (AvgIpc) is 2.39. The molecule has 2 aromatic carbocycles. The molecule has 0 aliphatic rings. The van der Waals surface area contributed by atoms with Crippen molar-refractivity contribution < 1.29 is 14.1 Å². The molecule has 0 unspecified atom stereocenters.